The first kappa shape index (κ1) is 10.8. The summed E-state index contributed by atoms with van der Waals surface area (Å²) in [6.07, 6.45) is 1.28. The van der Waals surface area contributed by atoms with Gasteiger partial charge >= 0.3 is 5.97 Å². The third kappa shape index (κ3) is 1.72. The lowest BCUT2D eigenvalue weighted by Crippen LogP contribution is -2.40. The van der Waals surface area contributed by atoms with E-state index in [-0.39, 0.29) is 0 Å². The van der Waals surface area contributed by atoms with Crippen LogP contribution >= 0.6 is 0 Å². The Balaban J connectivity index is 2.28. The summed E-state index contributed by atoms with van der Waals surface area (Å²) in [6.45, 7) is 1.17. The lowest BCUT2D eigenvalue weighted by molar-refractivity contribution is -0.166. The fourth-order valence-electron chi connectivity index (χ4n) is 1.95. The van der Waals surface area contributed by atoms with Gasteiger partial charge in [0.1, 0.15) is 0 Å². The van der Waals surface area contributed by atoms with Crippen molar-refractivity contribution in [2.45, 2.75) is 25.5 Å². The normalized spacial score (nSPS) is 22.6. The van der Waals surface area contributed by atoms with Gasteiger partial charge in [-0.25, -0.2) is 4.79 Å². The minimum atomic E-state index is -1.14. The van der Waals surface area contributed by atoms with Gasteiger partial charge in [0, 0.05) is 18.9 Å². The maximum Gasteiger partial charge on any atom is 0.376 e. The molecular formula is C12H13NO3. The van der Waals surface area contributed by atoms with Crippen LogP contribution in [0.1, 0.15) is 24.5 Å². The zero-order chi connectivity index (χ0) is 11.8. The van der Waals surface area contributed by atoms with Crippen molar-refractivity contribution in [3.8, 4) is 0 Å². The highest BCUT2D eigenvalue weighted by Crippen LogP contribution is 2.35. The van der Waals surface area contributed by atoms with E-state index in [2.05, 4.69) is 0 Å². The van der Waals surface area contributed by atoms with Gasteiger partial charge in [-0.3, -0.25) is 10.5 Å². The van der Waals surface area contributed by atoms with Crippen LogP contribution in [-0.2, 0) is 26.5 Å². The number of ketones is 1. The van der Waals surface area contributed by atoms with Crippen LogP contribution in [0.15, 0.2) is 24.3 Å². The second kappa shape index (κ2) is 3.72. The molecule has 0 fully saturated rings. The summed E-state index contributed by atoms with van der Waals surface area (Å²) in [4.78, 5) is 22.1. The fourth-order valence-corrected chi connectivity index (χ4v) is 1.95. The van der Waals surface area contributed by atoms with Crippen LogP contribution in [0.25, 0.3) is 0 Å². The van der Waals surface area contributed by atoms with E-state index in [4.69, 9.17) is 10.5 Å². The molecule has 1 aliphatic carbocycles. The number of aryl methyl sites for hydroxylation is 1. The lowest BCUT2D eigenvalue weighted by Gasteiger charge is -2.24. The molecule has 1 aromatic carbocycles. The third-order valence-corrected chi connectivity index (χ3v) is 2.80. The van der Waals surface area contributed by atoms with Crippen LogP contribution in [0.3, 0.4) is 0 Å². The summed E-state index contributed by atoms with van der Waals surface area (Å²) in [5.41, 5.74) is 6.74. The fraction of sp³-hybridized carbons (Fsp3) is 0.333. The number of hydrogen-bond donors (Lipinski definition) is 1. The first-order valence-electron chi connectivity index (χ1n) is 5.14. The molecule has 84 valence electrons. The summed E-state index contributed by atoms with van der Waals surface area (Å²) in [6, 6.07) is 7.53. The number of carbonyl (C=O) groups is 2. The molecule has 0 aliphatic heterocycles. The van der Waals surface area contributed by atoms with Crippen LogP contribution in [0, 0.1) is 0 Å². The molecule has 1 aliphatic rings. The minimum Gasteiger partial charge on any atom is -0.434 e. The van der Waals surface area contributed by atoms with Gasteiger partial charge in [0.2, 0.25) is 5.78 Å². The Labute approximate surface area is 93.4 Å². The number of benzene rings is 1. The van der Waals surface area contributed by atoms with Crippen LogP contribution in [0.4, 0.5) is 0 Å². The number of carbonyl (C=O) groups excluding carboxylic acids is 2. The second-order valence-corrected chi connectivity index (χ2v) is 3.99. The molecule has 1 atom stereocenters. The molecule has 2 N–H and O–H groups in total. The van der Waals surface area contributed by atoms with E-state index in [0.29, 0.717) is 6.42 Å². The molecule has 4 heteroatoms. The molecule has 0 saturated heterocycles. The molecule has 0 radical (unpaired) electrons. The van der Waals surface area contributed by atoms with Gasteiger partial charge in [0.05, 0.1) is 0 Å². The highest BCUT2D eigenvalue weighted by Gasteiger charge is 2.39. The smallest absolute Gasteiger partial charge is 0.376 e. The van der Waals surface area contributed by atoms with Crippen molar-refractivity contribution in [3.05, 3.63) is 35.4 Å². The molecule has 1 aromatic rings. The van der Waals surface area contributed by atoms with Gasteiger partial charge in [-0.1, -0.05) is 24.3 Å². The summed E-state index contributed by atoms with van der Waals surface area (Å²) >= 11 is 0. The van der Waals surface area contributed by atoms with E-state index in [1.54, 1.807) is 0 Å². The van der Waals surface area contributed by atoms with Gasteiger partial charge in [-0.15, -0.1) is 0 Å². The Morgan fingerprint density at radius 2 is 2.06 bits per heavy atom. The molecule has 0 spiro atoms. The number of esters is 1. The topological polar surface area (TPSA) is 69.4 Å². The number of Topliss-reactive ketones (excluding diaryl/α,β-unsaturated/α-hetero) is 1. The van der Waals surface area contributed by atoms with Crippen molar-refractivity contribution >= 4 is 11.8 Å². The quantitative estimate of drug-likeness (QED) is 0.455. The molecule has 0 aromatic heterocycles. The Morgan fingerprint density at radius 1 is 1.38 bits per heavy atom. The van der Waals surface area contributed by atoms with Crippen molar-refractivity contribution < 1.29 is 14.3 Å². The SMILES string of the molecule is CC(=O)C(=O)OC1(N)CCc2ccccc21. The van der Waals surface area contributed by atoms with E-state index in [1.807, 2.05) is 24.3 Å². The number of nitrogens with two attached hydrogens (primary N) is 1. The monoisotopic (exact) mass is 219 g/mol. The molecule has 1 unspecified atom stereocenters. The summed E-state index contributed by atoms with van der Waals surface area (Å²) in [7, 11) is 0. The molecule has 4 nitrogen and oxygen atoms in total. The summed E-state index contributed by atoms with van der Waals surface area (Å²) in [5.74, 6) is -1.51. The third-order valence-electron chi connectivity index (χ3n) is 2.80. The molecule has 2 rings (SSSR count). The maximum absolute atomic E-state index is 11.3. The summed E-state index contributed by atoms with van der Waals surface area (Å²) < 4.78 is 5.08. The molecule has 0 bridgehead atoms. The van der Waals surface area contributed by atoms with Gasteiger partial charge in [0.15, 0.2) is 5.72 Å². The van der Waals surface area contributed by atoms with E-state index in [1.165, 1.54) is 6.92 Å². The molecular weight excluding hydrogens is 206 g/mol. The van der Waals surface area contributed by atoms with Crippen LogP contribution in [0.5, 0.6) is 0 Å². The zero-order valence-electron chi connectivity index (χ0n) is 9.03. The average molecular weight is 219 g/mol. The Morgan fingerprint density at radius 3 is 2.75 bits per heavy atom. The minimum absolute atomic E-state index is 0.519. The maximum atomic E-state index is 11.3. The van der Waals surface area contributed by atoms with Crippen LogP contribution in [-0.4, -0.2) is 11.8 Å². The van der Waals surface area contributed by atoms with E-state index < -0.39 is 17.5 Å². The van der Waals surface area contributed by atoms with E-state index in [0.717, 1.165) is 17.5 Å². The van der Waals surface area contributed by atoms with E-state index in [9.17, 15) is 9.59 Å². The zero-order valence-corrected chi connectivity index (χ0v) is 9.03. The standard InChI is InChI=1S/C12H13NO3/c1-8(14)11(15)16-12(13)7-6-9-4-2-3-5-10(9)12/h2-5H,6-7,13H2,1H3. The lowest BCUT2D eigenvalue weighted by atomic mass is 10.1. The summed E-state index contributed by atoms with van der Waals surface area (Å²) in [5, 5.41) is 0. The van der Waals surface area contributed by atoms with Crippen molar-refractivity contribution in [3.63, 3.8) is 0 Å². The number of fused-ring (bicyclic) bond motifs is 1. The largest absolute Gasteiger partial charge is 0.434 e. The van der Waals surface area contributed by atoms with Gasteiger partial charge in [0.25, 0.3) is 0 Å². The van der Waals surface area contributed by atoms with Crippen LogP contribution in [0.2, 0.25) is 0 Å². The molecule has 0 amide bonds. The molecule has 0 saturated carbocycles. The first-order chi connectivity index (χ1) is 7.53. The highest BCUT2D eigenvalue weighted by atomic mass is 16.6. The molecule has 16 heavy (non-hydrogen) atoms. The number of rotatable bonds is 2. The highest BCUT2D eigenvalue weighted by molar-refractivity contribution is 6.32. The van der Waals surface area contributed by atoms with Crippen molar-refractivity contribution in [2.75, 3.05) is 0 Å². The van der Waals surface area contributed by atoms with Crippen molar-refractivity contribution in [1.82, 2.24) is 0 Å². The number of hydrogen-bond acceptors (Lipinski definition) is 4. The van der Waals surface area contributed by atoms with Gasteiger partial charge in [-0.05, 0) is 12.0 Å². The van der Waals surface area contributed by atoms with E-state index >= 15 is 0 Å². The van der Waals surface area contributed by atoms with Crippen molar-refractivity contribution in [2.24, 2.45) is 5.73 Å². The Hall–Kier alpha value is -1.68. The Kier molecular flexibility index (Phi) is 2.52. The molecule has 0 heterocycles. The van der Waals surface area contributed by atoms with Crippen molar-refractivity contribution in [1.29, 1.82) is 0 Å². The van der Waals surface area contributed by atoms with Gasteiger partial charge < -0.3 is 4.74 Å². The van der Waals surface area contributed by atoms with Crippen LogP contribution < -0.4 is 5.73 Å². The van der Waals surface area contributed by atoms with Gasteiger partial charge in [-0.2, -0.15) is 0 Å². The predicted octanol–water partition coefficient (Wildman–Crippen LogP) is 0.876. The average Bonchev–Trinajstić information content (AvgIpc) is 2.57. The number of ether oxygens (including phenoxy) is 1. The second-order valence-electron chi connectivity index (χ2n) is 3.99. The predicted molar refractivity (Wildman–Crippen MR) is 57.4 cm³/mol. The Bertz CT molecular complexity index is 455. The first-order valence-corrected chi connectivity index (χ1v) is 5.14.